The Bertz CT molecular complexity index is 7120. The standard InChI is InChI=1S/C23H22O10S3.C22H20O10S3.C21H20O10S3.C8H8.2CH4/c1-13(2)10-33-20-8-14(11-34(24,25)26)16-4-5-17-15(12-35(27,28)29)9-21(36(30,31)32-3)19-7-6-18(20)22(16)23(17)19;1-3-8-32-19-9-13(11-33(23,24)25)15-4-5-16-14(12-34(26,27)28)10-20(35(29,30)31-2)18-7-6-17(19)21(15)22(16)18;1-3-31-18-8-12(10-32(22,23)24)14-4-5-15-13(11-33(25,26)27)9-19(34(28,29)30-2)17-7-6-16(18)20(14)21(15)17;1-2-8-6-4-3-5-7-8;;/h4-9H,1,10-12H2,2-3H3,(H,24,25,26)(H,27,28,29);3-7,9-10H,1,8,11-12H2,2H3,(H,23,24,25)(H,26,27,28);4-9H,3,10-11H2,1-2H3,(H,22,23,24)(H,25,26,27);2-7H,1H2;2*1H4. The molecule has 0 radical (unpaired) electrons. The first-order valence-electron chi connectivity index (χ1n) is 32.8. The molecule has 616 valence electrons. The third-order valence-corrected chi connectivity index (χ3v) is 25.6. The highest BCUT2D eigenvalue weighted by molar-refractivity contribution is 7.88. The van der Waals surface area contributed by atoms with Crippen LogP contribution in [0.3, 0.4) is 0 Å². The van der Waals surface area contributed by atoms with E-state index in [1.54, 1.807) is 50.2 Å². The van der Waals surface area contributed by atoms with Crippen molar-refractivity contribution in [2.24, 2.45) is 0 Å². The molecule has 6 N–H and O–H groups in total. The van der Waals surface area contributed by atoms with Crippen LogP contribution in [0.2, 0.25) is 0 Å². The second-order valence-electron chi connectivity index (χ2n) is 25.5. The molecule has 13 aromatic rings. The Morgan fingerprint density at radius 2 is 0.574 bits per heavy atom. The van der Waals surface area contributed by atoms with Gasteiger partial charge in [0.1, 0.15) is 79.7 Å². The molecule has 0 atom stereocenters. The van der Waals surface area contributed by atoms with Gasteiger partial charge in [0.15, 0.2) is 0 Å². The lowest BCUT2D eigenvalue weighted by molar-refractivity contribution is 0.344. The molecule has 0 saturated heterocycles. The van der Waals surface area contributed by atoms with Crippen molar-refractivity contribution in [2.45, 2.75) is 77.9 Å². The number of hydrogen-bond donors (Lipinski definition) is 6. The van der Waals surface area contributed by atoms with Crippen molar-refractivity contribution in [1.82, 2.24) is 0 Å². The summed E-state index contributed by atoms with van der Waals surface area (Å²) in [5, 5.41) is 6.40. The molecule has 0 amide bonds. The summed E-state index contributed by atoms with van der Waals surface area (Å²) in [7, 11) is -37.0. The summed E-state index contributed by atoms with van der Waals surface area (Å²) in [6, 6.07) is 36.4. The lowest BCUT2D eigenvalue weighted by atomic mass is 9.90. The lowest BCUT2D eigenvalue weighted by Gasteiger charge is -2.20. The van der Waals surface area contributed by atoms with Crippen LogP contribution in [0, 0.1) is 0 Å². The Morgan fingerprint density at radius 1 is 0.339 bits per heavy atom. The quantitative estimate of drug-likeness (QED) is 0.0120. The summed E-state index contributed by atoms with van der Waals surface area (Å²) < 4.78 is 306. The van der Waals surface area contributed by atoms with Crippen LogP contribution in [0.4, 0.5) is 0 Å². The van der Waals surface area contributed by atoms with E-state index in [0.29, 0.717) is 92.1 Å². The molecule has 115 heavy (non-hydrogen) atoms. The van der Waals surface area contributed by atoms with Gasteiger partial charge in [-0.2, -0.15) is 75.8 Å². The fourth-order valence-corrected chi connectivity index (χ4v) is 20.0. The fourth-order valence-electron chi connectivity index (χ4n) is 13.4. The van der Waals surface area contributed by atoms with E-state index in [4.69, 9.17) is 18.4 Å². The number of benzene rings is 13. The van der Waals surface area contributed by atoms with Crippen molar-refractivity contribution in [3.8, 4) is 17.2 Å². The summed E-state index contributed by atoms with van der Waals surface area (Å²) in [6.45, 7) is 14.9. The number of rotatable bonds is 27. The molecular weight excluding hydrogens is 1680 g/mol. The van der Waals surface area contributed by atoms with Gasteiger partial charge in [0.05, 0.1) is 27.9 Å². The fraction of sp³-hybridized carbons (Fsp3) is 0.211. The molecule has 0 spiro atoms. The molecule has 13 rings (SSSR count). The normalized spacial score (nSPS) is 12.6. The third kappa shape index (κ3) is 20.6. The minimum Gasteiger partial charge on any atom is -0.493 e. The molecule has 0 heterocycles. The van der Waals surface area contributed by atoms with E-state index in [1.165, 1.54) is 66.2 Å². The third-order valence-electron chi connectivity index (χ3n) is 17.6. The summed E-state index contributed by atoms with van der Waals surface area (Å²) >= 11 is 0. The van der Waals surface area contributed by atoms with Crippen LogP contribution in [0.1, 0.15) is 67.6 Å². The van der Waals surface area contributed by atoms with E-state index in [-0.39, 0.29) is 110 Å². The zero-order valence-electron chi connectivity index (χ0n) is 60.1. The zero-order chi connectivity index (χ0) is 83.3. The highest BCUT2D eigenvalue weighted by Gasteiger charge is 2.31. The molecule has 0 aliphatic rings. The SMILES string of the molecule is C.C.C=C(C)COc1cc(CS(=O)(=O)O)c2ccc3c(CS(=O)(=O)O)cc(S(=O)(=O)OC)c4ccc1c2c34.C=CCOc1cc(CS(=O)(=O)O)c2ccc3c(CS(=O)(=O)O)cc(S(=O)(=O)OC)c4ccc1c2c34.C=Cc1ccccc1.CCOc1cc(CS(=O)(=O)O)c2ccc3c(CS(=O)(=O)O)cc(S(=O)(=O)OC)c4ccc1c2c34. The van der Waals surface area contributed by atoms with Gasteiger partial charge >= 0.3 is 0 Å². The molecule has 0 aromatic heterocycles. The van der Waals surface area contributed by atoms with Gasteiger partial charge < -0.3 is 14.2 Å². The molecule has 13 aromatic carbocycles. The van der Waals surface area contributed by atoms with Crippen LogP contribution in [-0.2, 0) is 138 Å². The molecule has 0 saturated carbocycles. The molecule has 0 fully saturated rings. The second kappa shape index (κ2) is 34.5. The maximum atomic E-state index is 12.8. The Balaban J connectivity index is 0.000000203. The van der Waals surface area contributed by atoms with Crippen LogP contribution in [0.25, 0.3) is 103 Å². The first kappa shape index (κ1) is 91.3. The van der Waals surface area contributed by atoms with E-state index >= 15 is 0 Å². The first-order valence-corrected chi connectivity index (χ1v) is 46.7. The van der Waals surface area contributed by atoms with Crippen molar-refractivity contribution in [1.29, 1.82) is 0 Å². The summed E-state index contributed by atoms with van der Waals surface area (Å²) in [6.07, 6.45) is 3.31. The van der Waals surface area contributed by atoms with Crippen molar-refractivity contribution in [3.63, 3.8) is 0 Å². The van der Waals surface area contributed by atoms with E-state index < -0.39 is 126 Å². The van der Waals surface area contributed by atoms with Gasteiger partial charge in [-0.15, -0.1) is 0 Å². The van der Waals surface area contributed by atoms with Gasteiger partial charge in [-0.1, -0.05) is 132 Å². The first-order chi connectivity index (χ1) is 52.6. The predicted octanol–water partition coefficient (Wildman–Crippen LogP) is 13.6. The van der Waals surface area contributed by atoms with Crippen molar-refractivity contribution < 1.29 is 130 Å². The predicted molar refractivity (Wildman–Crippen MR) is 442 cm³/mol. The maximum absolute atomic E-state index is 12.8. The molecule has 39 heteroatoms. The average Bonchev–Trinajstić information content (AvgIpc) is 0.723. The summed E-state index contributed by atoms with van der Waals surface area (Å²) in [5.74, 6) is -3.99. The van der Waals surface area contributed by atoms with Crippen molar-refractivity contribution in [2.75, 3.05) is 41.2 Å². The Morgan fingerprint density at radius 3 is 0.800 bits per heavy atom. The van der Waals surface area contributed by atoms with E-state index in [9.17, 15) is 103 Å². The van der Waals surface area contributed by atoms with Crippen molar-refractivity contribution >= 4 is 194 Å². The van der Waals surface area contributed by atoms with Crippen LogP contribution in [0.5, 0.6) is 17.2 Å². The minimum atomic E-state index is -4.55. The number of ether oxygens (including phenoxy) is 3. The molecular formula is C76H78O30S9. The molecule has 30 nitrogen and oxygen atoms in total. The monoisotopic (exact) mass is 1760 g/mol. The second-order valence-corrected chi connectivity index (χ2v) is 39.3. The summed E-state index contributed by atoms with van der Waals surface area (Å²) in [4.78, 5) is -0.960. The highest BCUT2D eigenvalue weighted by atomic mass is 32.3. The topological polar surface area (TPSA) is 484 Å². The zero-order valence-corrected chi connectivity index (χ0v) is 67.4. The van der Waals surface area contributed by atoms with E-state index in [1.807, 2.05) is 36.4 Å². The van der Waals surface area contributed by atoms with Crippen LogP contribution >= 0.6 is 0 Å². The van der Waals surface area contributed by atoms with E-state index in [2.05, 4.69) is 28.1 Å². The van der Waals surface area contributed by atoms with Gasteiger partial charge in [0.2, 0.25) is 0 Å². The lowest BCUT2D eigenvalue weighted by Crippen LogP contribution is -2.09. The van der Waals surface area contributed by atoms with Gasteiger partial charge in [0.25, 0.3) is 91.1 Å². The van der Waals surface area contributed by atoms with Crippen LogP contribution < -0.4 is 14.2 Å². The maximum Gasteiger partial charge on any atom is 0.297 e. The largest absolute Gasteiger partial charge is 0.493 e. The van der Waals surface area contributed by atoms with Crippen LogP contribution in [-0.4, -0.2) is 144 Å². The smallest absolute Gasteiger partial charge is 0.297 e. The summed E-state index contributed by atoms with van der Waals surface area (Å²) in [5.41, 5.74) is 2.45. The Hall–Kier alpha value is -9.21. The van der Waals surface area contributed by atoms with Crippen LogP contribution in [0.15, 0.2) is 186 Å². The van der Waals surface area contributed by atoms with E-state index in [0.717, 1.165) is 39.5 Å². The van der Waals surface area contributed by atoms with Crippen molar-refractivity contribution in [3.05, 3.63) is 210 Å². The molecule has 0 aliphatic heterocycles. The number of hydrogen-bond acceptors (Lipinski definition) is 24. The Kier molecular flexibility index (Phi) is 27.4. The average molecular weight is 1760 g/mol. The van der Waals surface area contributed by atoms with Gasteiger partial charge in [-0.3, -0.25) is 39.9 Å². The van der Waals surface area contributed by atoms with Gasteiger partial charge in [-0.05, 0) is 161 Å². The molecule has 0 unspecified atom stereocenters. The van der Waals surface area contributed by atoms with Gasteiger partial charge in [-0.25, -0.2) is 0 Å². The minimum absolute atomic E-state index is 0. The molecule has 0 bridgehead atoms. The van der Waals surface area contributed by atoms with Gasteiger partial charge in [0, 0.05) is 48.5 Å². The highest BCUT2D eigenvalue weighted by Crippen LogP contribution is 2.49. The Labute approximate surface area is 665 Å². The molecule has 0 aliphatic carbocycles.